The Morgan fingerprint density at radius 1 is 1.00 bits per heavy atom. The summed E-state index contributed by atoms with van der Waals surface area (Å²) in [6.45, 7) is 5.30. The van der Waals surface area contributed by atoms with Crippen molar-refractivity contribution in [1.82, 2.24) is 19.5 Å². The number of rotatable bonds is 5. The third-order valence-corrected chi connectivity index (χ3v) is 9.21. The van der Waals surface area contributed by atoms with E-state index in [-0.39, 0.29) is 29.8 Å². The number of carbonyl (C=O) groups excluding carboxylic acids is 2. The molecule has 8 nitrogen and oxygen atoms in total. The van der Waals surface area contributed by atoms with E-state index in [4.69, 9.17) is 15.8 Å². The van der Waals surface area contributed by atoms with E-state index in [0.29, 0.717) is 53.7 Å². The van der Waals surface area contributed by atoms with Gasteiger partial charge in [-0.3, -0.25) is 9.59 Å². The molecule has 9 heteroatoms. The summed E-state index contributed by atoms with van der Waals surface area (Å²) in [5.74, 6) is -0.753. The lowest BCUT2D eigenvalue weighted by atomic mass is 9.93. The molecule has 0 spiro atoms. The van der Waals surface area contributed by atoms with Gasteiger partial charge in [0.25, 0.3) is 5.91 Å². The van der Waals surface area contributed by atoms with Gasteiger partial charge < -0.3 is 15.5 Å². The van der Waals surface area contributed by atoms with Gasteiger partial charge in [-0.15, -0.1) is 0 Å². The number of aromatic nitrogens is 3. The molecule has 2 fully saturated rings. The van der Waals surface area contributed by atoms with Gasteiger partial charge in [-0.25, -0.2) is 13.9 Å². The van der Waals surface area contributed by atoms with Crippen molar-refractivity contribution in [2.75, 3.05) is 18.0 Å². The van der Waals surface area contributed by atoms with Gasteiger partial charge in [-0.2, -0.15) is 5.10 Å². The van der Waals surface area contributed by atoms with Crippen LogP contribution in [0.3, 0.4) is 0 Å². The Morgan fingerprint density at radius 2 is 1.80 bits per heavy atom. The molecule has 4 heterocycles. The number of fused-ring (bicyclic) bond motifs is 2. The molecule has 2 unspecified atom stereocenters. The first-order valence-electron chi connectivity index (χ1n) is 14.5. The van der Waals surface area contributed by atoms with E-state index in [9.17, 15) is 9.59 Å². The monoisotopic (exact) mass is 552 g/mol. The van der Waals surface area contributed by atoms with E-state index in [1.807, 2.05) is 41.0 Å². The summed E-state index contributed by atoms with van der Waals surface area (Å²) in [7, 11) is 0. The Bertz CT molecular complexity index is 1700. The molecule has 210 valence electrons. The number of hydrogen-bond acceptors (Lipinski definition) is 5. The number of primary amides is 1. The van der Waals surface area contributed by atoms with E-state index < -0.39 is 5.82 Å². The minimum atomic E-state index is -0.397. The Morgan fingerprint density at radius 3 is 2.54 bits per heavy atom. The normalized spacial score (nSPS) is 22.3. The van der Waals surface area contributed by atoms with Gasteiger partial charge >= 0.3 is 0 Å². The van der Waals surface area contributed by atoms with Crippen LogP contribution < -0.4 is 10.6 Å². The summed E-state index contributed by atoms with van der Waals surface area (Å²) in [4.78, 5) is 34.2. The van der Waals surface area contributed by atoms with Gasteiger partial charge in [0.2, 0.25) is 5.91 Å². The summed E-state index contributed by atoms with van der Waals surface area (Å²) >= 11 is 0. The zero-order valence-electron chi connectivity index (χ0n) is 23.3. The number of benzene rings is 2. The Kier molecular flexibility index (Phi) is 6.06. The number of nitrogens with two attached hydrogens (primary N) is 1. The lowest BCUT2D eigenvalue weighted by molar-refractivity contribution is -0.121. The Balaban J connectivity index is 1.21. The quantitative estimate of drug-likeness (QED) is 0.381. The molecule has 41 heavy (non-hydrogen) atoms. The molecular formula is C32H33FN6O2. The average Bonchev–Trinajstić information content (AvgIpc) is 3.60. The minimum Gasteiger partial charge on any atom is -0.369 e. The van der Waals surface area contributed by atoms with Crippen molar-refractivity contribution in [3.8, 4) is 11.3 Å². The molecule has 3 atom stereocenters. The van der Waals surface area contributed by atoms with Crippen LogP contribution in [0.4, 0.5) is 10.1 Å². The number of nitrogens with zero attached hydrogens (tertiary/aromatic N) is 5. The zero-order chi connectivity index (χ0) is 28.4. The SMILES string of the molecule is CC1C(C(N)=O)CCN1c1ccc(-c2cc3nc(C(=O)N4CCc5ccccc5[C@H]4C)cc(C4CC4)n3n2)c(F)c1. The summed E-state index contributed by atoms with van der Waals surface area (Å²) in [5, 5.41) is 4.75. The predicted molar refractivity (Wildman–Crippen MR) is 154 cm³/mol. The van der Waals surface area contributed by atoms with E-state index in [1.54, 1.807) is 16.6 Å². The highest BCUT2D eigenvalue weighted by Crippen LogP contribution is 2.41. The lowest BCUT2D eigenvalue weighted by Crippen LogP contribution is -2.39. The highest BCUT2D eigenvalue weighted by molar-refractivity contribution is 5.93. The first-order chi connectivity index (χ1) is 19.8. The second-order valence-electron chi connectivity index (χ2n) is 11.7. The van der Waals surface area contributed by atoms with Crippen LogP contribution in [0.15, 0.2) is 54.6 Å². The molecular weight excluding hydrogens is 519 g/mol. The summed E-state index contributed by atoms with van der Waals surface area (Å²) in [5.41, 5.74) is 11.4. The average molecular weight is 553 g/mol. The first-order valence-corrected chi connectivity index (χ1v) is 14.5. The van der Waals surface area contributed by atoms with Crippen LogP contribution in [0.5, 0.6) is 0 Å². The highest BCUT2D eigenvalue weighted by Gasteiger charge is 2.35. The van der Waals surface area contributed by atoms with Crippen molar-refractivity contribution in [3.63, 3.8) is 0 Å². The van der Waals surface area contributed by atoms with E-state index in [1.165, 1.54) is 17.2 Å². The van der Waals surface area contributed by atoms with Crippen LogP contribution in [0.2, 0.25) is 0 Å². The second kappa shape index (κ2) is 9.68. The Labute approximate surface area is 238 Å². The van der Waals surface area contributed by atoms with Gasteiger partial charge in [0.1, 0.15) is 11.5 Å². The second-order valence-corrected chi connectivity index (χ2v) is 11.7. The van der Waals surface area contributed by atoms with Crippen molar-refractivity contribution in [2.24, 2.45) is 11.7 Å². The van der Waals surface area contributed by atoms with Crippen LogP contribution in [-0.2, 0) is 11.2 Å². The molecule has 1 aliphatic carbocycles. The van der Waals surface area contributed by atoms with Crippen LogP contribution in [0.1, 0.15) is 72.4 Å². The van der Waals surface area contributed by atoms with Crippen LogP contribution in [0.25, 0.3) is 16.9 Å². The van der Waals surface area contributed by atoms with Gasteiger partial charge in [0.15, 0.2) is 5.65 Å². The molecule has 2 N–H and O–H groups in total. The molecule has 3 aliphatic rings. The van der Waals surface area contributed by atoms with Gasteiger partial charge in [0, 0.05) is 48.1 Å². The molecule has 2 aliphatic heterocycles. The molecule has 0 radical (unpaired) electrons. The van der Waals surface area contributed by atoms with Crippen molar-refractivity contribution >= 4 is 23.1 Å². The van der Waals surface area contributed by atoms with Crippen molar-refractivity contribution < 1.29 is 14.0 Å². The third kappa shape index (κ3) is 4.34. The smallest absolute Gasteiger partial charge is 0.273 e. The van der Waals surface area contributed by atoms with Crippen molar-refractivity contribution in [2.45, 2.75) is 57.5 Å². The van der Waals surface area contributed by atoms with E-state index in [2.05, 4.69) is 19.1 Å². The van der Waals surface area contributed by atoms with Crippen LogP contribution in [0, 0.1) is 11.7 Å². The maximum absolute atomic E-state index is 15.5. The van der Waals surface area contributed by atoms with Crippen LogP contribution in [-0.4, -0.2) is 50.4 Å². The lowest BCUT2D eigenvalue weighted by Gasteiger charge is -2.35. The fourth-order valence-electron chi connectivity index (χ4n) is 6.68. The standard InChI is InChI=1S/C32H33FN6O2/c1-18-23-6-4-3-5-20(23)11-13-38(18)32(41)28-16-29(21-7-8-21)39-30(35-28)17-27(36-39)25-10-9-22(15-26(25)33)37-14-12-24(19(37)2)31(34)40/h3-6,9-10,15-19,21,24H,7-8,11-14H2,1-2H3,(H2,34,40)/t18-,19?,24?/m1/s1. The van der Waals surface area contributed by atoms with E-state index >= 15 is 4.39 Å². The zero-order valence-corrected chi connectivity index (χ0v) is 23.3. The fraction of sp³-hybridized carbons (Fsp3) is 0.375. The predicted octanol–water partition coefficient (Wildman–Crippen LogP) is 4.87. The molecule has 2 aromatic heterocycles. The summed E-state index contributed by atoms with van der Waals surface area (Å²) in [6.07, 6.45) is 3.53. The van der Waals surface area contributed by atoms with Gasteiger partial charge in [-0.1, -0.05) is 24.3 Å². The Hall–Kier alpha value is -4.27. The number of amides is 2. The van der Waals surface area contributed by atoms with Crippen LogP contribution >= 0.6 is 0 Å². The number of halogens is 1. The number of anilines is 1. The molecule has 1 saturated carbocycles. The fourth-order valence-corrected chi connectivity index (χ4v) is 6.68. The van der Waals surface area contributed by atoms with Gasteiger partial charge in [-0.05, 0) is 74.9 Å². The molecule has 2 aromatic carbocycles. The number of carbonyl (C=O) groups is 2. The molecule has 1 saturated heterocycles. The van der Waals surface area contributed by atoms with Gasteiger partial charge in [0.05, 0.1) is 17.7 Å². The number of hydrogen-bond donors (Lipinski definition) is 1. The molecule has 0 bridgehead atoms. The van der Waals surface area contributed by atoms with Crippen molar-refractivity contribution in [3.05, 3.63) is 82.9 Å². The maximum Gasteiger partial charge on any atom is 0.273 e. The molecule has 2 amide bonds. The largest absolute Gasteiger partial charge is 0.369 e. The summed E-state index contributed by atoms with van der Waals surface area (Å²) < 4.78 is 17.3. The van der Waals surface area contributed by atoms with E-state index in [0.717, 1.165) is 25.0 Å². The molecule has 7 rings (SSSR count). The molecule has 4 aromatic rings. The topological polar surface area (TPSA) is 96.8 Å². The third-order valence-electron chi connectivity index (χ3n) is 9.21. The highest BCUT2D eigenvalue weighted by atomic mass is 19.1. The first kappa shape index (κ1) is 25.7. The summed E-state index contributed by atoms with van der Waals surface area (Å²) in [6, 6.07) is 16.9. The maximum atomic E-state index is 15.5. The van der Waals surface area contributed by atoms with Crippen molar-refractivity contribution in [1.29, 1.82) is 0 Å². The minimum absolute atomic E-state index is 0.0421.